The van der Waals surface area contributed by atoms with E-state index in [2.05, 4.69) is 47.8 Å². The number of ether oxygens (including phenoxy) is 1. The number of pyridine rings is 1. The number of likely N-dealkylation sites (tertiary alicyclic amines) is 1. The molecule has 0 unspecified atom stereocenters. The maximum absolute atomic E-state index is 12.8. The van der Waals surface area contributed by atoms with E-state index in [1.807, 2.05) is 90.8 Å². The molecule has 2 aliphatic rings. The molecule has 1 aromatic carbocycles. The van der Waals surface area contributed by atoms with Crippen LogP contribution >= 0.6 is 0 Å². The highest BCUT2D eigenvalue weighted by Gasteiger charge is 2.39. The molecule has 0 aliphatic carbocycles. The molecule has 2 fully saturated rings. The maximum atomic E-state index is 12.8. The van der Waals surface area contributed by atoms with Gasteiger partial charge in [0.1, 0.15) is 23.6 Å². The molecule has 1 spiro atoms. The lowest BCUT2D eigenvalue weighted by molar-refractivity contribution is 0.00664. The van der Waals surface area contributed by atoms with Crippen molar-refractivity contribution in [1.29, 1.82) is 0 Å². The lowest BCUT2D eigenvalue weighted by Crippen LogP contribution is -2.49. The summed E-state index contributed by atoms with van der Waals surface area (Å²) >= 11 is 0. The predicted molar refractivity (Wildman–Crippen MR) is 200 cm³/mol. The van der Waals surface area contributed by atoms with E-state index in [0.717, 1.165) is 79.9 Å². The van der Waals surface area contributed by atoms with Crippen LogP contribution in [0.5, 0.6) is 0 Å². The lowest BCUT2D eigenvalue weighted by Gasteiger charge is -2.47. The van der Waals surface area contributed by atoms with Gasteiger partial charge in [0.05, 0.1) is 23.6 Å². The highest BCUT2D eigenvalue weighted by atomic mass is 16.6. The quantitative estimate of drug-likeness (QED) is 0.198. The summed E-state index contributed by atoms with van der Waals surface area (Å²) in [7, 11) is 0. The smallest absolute Gasteiger partial charge is 0.410 e. The summed E-state index contributed by atoms with van der Waals surface area (Å²) in [6.45, 7) is 19.0. The first-order valence-corrected chi connectivity index (χ1v) is 18.1. The van der Waals surface area contributed by atoms with E-state index < -0.39 is 11.5 Å². The van der Waals surface area contributed by atoms with Crippen LogP contribution in [0, 0.1) is 12.3 Å². The highest BCUT2D eigenvalue weighted by molar-refractivity contribution is 5.89. The summed E-state index contributed by atoms with van der Waals surface area (Å²) in [5.41, 5.74) is 4.27. The van der Waals surface area contributed by atoms with E-state index >= 15 is 0 Å². The molecule has 52 heavy (non-hydrogen) atoms. The van der Waals surface area contributed by atoms with Gasteiger partial charge in [0.2, 0.25) is 0 Å². The molecule has 4 aromatic rings. The first kappa shape index (κ1) is 36.7. The molecule has 2 saturated heterocycles. The molecule has 0 radical (unpaired) electrons. The number of piperidine rings is 2. The highest BCUT2D eigenvalue weighted by Crippen LogP contribution is 2.42. The van der Waals surface area contributed by atoms with E-state index in [1.54, 1.807) is 0 Å². The van der Waals surface area contributed by atoms with Gasteiger partial charge in [-0.05, 0) is 95.0 Å². The molecule has 2 aliphatic heterocycles. The number of carbonyl (C=O) groups is 2. The summed E-state index contributed by atoms with van der Waals surface area (Å²) in [5.74, 6) is 1.36. The number of benzene rings is 1. The molecule has 1 atom stereocenters. The number of rotatable bonds is 7. The van der Waals surface area contributed by atoms with Crippen molar-refractivity contribution in [3.05, 3.63) is 71.8 Å². The summed E-state index contributed by atoms with van der Waals surface area (Å²) in [6, 6.07) is 11.7. The predicted octanol–water partition coefficient (Wildman–Crippen LogP) is 7.38. The molecule has 5 heterocycles. The van der Waals surface area contributed by atoms with Crippen LogP contribution in [-0.2, 0) is 10.2 Å². The Kier molecular flexibility index (Phi) is 10.2. The average Bonchev–Trinajstić information content (AvgIpc) is 3.61. The van der Waals surface area contributed by atoms with Crippen molar-refractivity contribution in [3.8, 4) is 11.3 Å². The van der Waals surface area contributed by atoms with Gasteiger partial charge >= 0.3 is 17.9 Å². The van der Waals surface area contributed by atoms with Gasteiger partial charge in [0.25, 0.3) is 0 Å². The van der Waals surface area contributed by atoms with E-state index in [4.69, 9.17) is 14.2 Å². The molecular formula is C39H51N9O4. The maximum Gasteiger partial charge on any atom is 0.410 e. The van der Waals surface area contributed by atoms with Crippen LogP contribution in [0.25, 0.3) is 11.3 Å². The Morgan fingerprint density at radius 1 is 0.904 bits per heavy atom. The summed E-state index contributed by atoms with van der Waals surface area (Å²) < 4.78 is 10.8. The second kappa shape index (κ2) is 14.5. The molecule has 0 bridgehead atoms. The van der Waals surface area contributed by atoms with Gasteiger partial charge in [0, 0.05) is 43.2 Å². The van der Waals surface area contributed by atoms with Crippen molar-refractivity contribution in [2.75, 3.05) is 36.4 Å². The van der Waals surface area contributed by atoms with E-state index in [0.29, 0.717) is 17.5 Å². The van der Waals surface area contributed by atoms with Crippen LogP contribution < -0.4 is 15.5 Å². The molecule has 2 N–H and O–H groups in total. The average molecular weight is 710 g/mol. The minimum Gasteiger partial charge on any atom is -0.444 e. The van der Waals surface area contributed by atoms with Gasteiger partial charge in [-0.3, -0.25) is 4.79 Å². The van der Waals surface area contributed by atoms with Crippen molar-refractivity contribution < 1.29 is 18.8 Å². The fourth-order valence-corrected chi connectivity index (χ4v) is 6.87. The van der Waals surface area contributed by atoms with Crippen molar-refractivity contribution >= 4 is 29.3 Å². The lowest BCUT2D eigenvalue weighted by atomic mass is 9.71. The van der Waals surface area contributed by atoms with Crippen molar-refractivity contribution in [2.24, 2.45) is 5.41 Å². The summed E-state index contributed by atoms with van der Waals surface area (Å²) in [6.07, 6.45) is 7.49. The van der Waals surface area contributed by atoms with Crippen LogP contribution in [0.4, 0.5) is 22.1 Å². The van der Waals surface area contributed by atoms with Crippen LogP contribution in [-0.4, -0.2) is 73.8 Å². The Hall–Kier alpha value is -5.07. The zero-order valence-corrected chi connectivity index (χ0v) is 31.6. The van der Waals surface area contributed by atoms with Gasteiger partial charge < -0.3 is 29.7 Å². The minimum absolute atomic E-state index is 0.0500. The van der Waals surface area contributed by atoms with Crippen LogP contribution in [0.3, 0.4) is 0 Å². The monoisotopic (exact) mass is 709 g/mol. The minimum atomic E-state index is -0.472. The van der Waals surface area contributed by atoms with Crippen molar-refractivity contribution in [2.45, 2.75) is 98.1 Å². The normalized spacial score (nSPS) is 16.8. The third kappa shape index (κ3) is 8.68. The van der Waals surface area contributed by atoms with Crippen LogP contribution in [0.2, 0.25) is 0 Å². The van der Waals surface area contributed by atoms with Crippen molar-refractivity contribution in [3.63, 3.8) is 0 Å². The number of amides is 2. The topological polar surface area (TPSA) is 152 Å². The molecular weight excluding hydrogens is 658 g/mol. The second-order valence-electron chi connectivity index (χ2n) is 16.2. The fraction of sp³-hybridized carbons (Fsp3) is 0.513. The van der Waals surface area contributed by atoms with E-state index in [-0.39, 0.29) is 28.9 Å². The Morgan fingerprint density at radius 2 is 1.62 bits per heavy atom. The number of hydrogen-bond donors (Lipinski definition) is 2. The van der Waals surface area contributed by atoms with Gasteiger partial charge in [-0.15, -0.1) is 0 Å². The van der Waals surface area contributed by atoms with E-state index in [1.165, 1.54) is 6.33 Å². The second-order valence-corrected chi connectivity index (χ2v) is 16.2. The zero-order chi connectivity index (χ0) is 37.3. The largest absolute Gasteiger partial charge is 0.444 e. The number of aryl methyl sites for hydroxylation is 1. The Balaban J connectivity index is 1.02. The molecule has 6 rings (SSSR count). The molecule has 13 nitrogen and oxygen atoms in total. The summed E-state index contributed by atoms with van der Waals surface area (Å²) in [5, 5.41) is 10.2. The zero-order valence-electron chi connectivity index (χ0n) is 31.6. The SMILES string of the molecule is Cc1cc(-c2cc(Nc3ccc(N4CCC5(CCN(C(=O)OC(C)(C)C)CC5)CC4)cn3)ncn2)ccc1[C@@H](C)NC(=O)c1nc(C(C)(C)C)no1. The standard InChI is InChI=1S/C39H51N9O4/c1-25-21-27(9-11-29(25)26(2)43-33(49)34-45-35(46-52-34)37(3,4)5)30-22-32(42-24-41-30)44-31-12-10-28(23-40-31)47-17-13-39(14-18-47)15-19-48(20-16-39)36(50)51-38(6,7)8/h9-12,21-24,26H,13-20H2,1-8H3,(H,43,49)(H,40,41,42,44)/t26-/m1/s1. The number of anilines is 3. The molecule has 13 heteroatoms. The number of nitrogens with one attached hydrogen (secondary N) is 2. The third-order valence-electron chi connectivity index (χ3n) is 10.0. The van der Waals surface area contributed by atoms with Gasteiger partial charge in [0.15, 0.2) is 5.82 Å². The first-order chi connectivity index (χ1) is 24.6. The van der Waals surface area contributed by atoms with Crippen LogP contribution in [0.1, 0.15) is 108 Å². The molecule has 3 aromatic heterocycles. The number of carbonyl (C=O) groups excluding carboxylic acids is 2. The van der Waals surface area contributed by atoms with Gasteiger partial charge in [-0.2, -0.15) is 4.98 Å². The summed E-state index contributed by atoms with van der Waals surface area (Å²) in [4.78, 5) is 47.5. The Labute approximate surface area is 306 Å². The van der Waals surface area contributed by atoms with E-state index in [9.17, 15) is 9.59 Å². The Bertz CT molecular complexity index is 1880. The molecule has 276 valence electrons. The number of nitrogens with zero attached hydrogens (tertiary/aromatic N) is 7. The third-order valence-corrected chi connectivity index (χ3v) is 10.0. The number of hydrogen-bond acceptors (Lipinski definition) is 11. The van der Waals surface area contributed by atoms with Gasteiger partial charge in [-0.25, -0.2) is 19.7 Å². The Morgan fingerprint density at radius 3 is 2.23 bits per heavy atom. The fourth-order valence-electron chi connectivity index (χ4n) is 6.87. The molecule has 0 saturated carbocycles. The number of aromatic nitrogens is 5. The first-order valence-electron chi connectivity index (χ1n) is 18.1. The van der Waals surface area contributed by atoms with Gasteiger partial charge in [-0.1, -0.05) is 38.1 Å². The van der Waals surface area contributed by atoms with Crippen LogP contribution in [0.15, 0.2) is 53.4 Å². The van der Waals surface area contributed by atoms with Crippen molar-refractivity contribution in [1.82, 2.24) is 35.3 Å². The molecule has 2 amide bonds.